The van der Waals surface area contributed by atoms with E-state index in [0.717, 1.165) is 0 Å². The minimum Gasteiger partial charge on any atom is -0.405 e. The molecule has 3 heterocycles. The smallest absolute Gasteiger partial charge is 0.405 e. The van der Waals surface area contributed by atoms with Gasteiger partial charge in [-0.25, -0.2) is 9.97 Å². The summed E-state index contributed by atoms with van der Waals surface area (Å²) < 4.78 is 44.5. The maximum atomic E-state index is 13.1. The quantitative estimate of drug-likeness (QED) is 0.577. The van der Waals surface area contributed by atoms with Crippen molar-refractivity contribution in [3.63, 3.8) is 0 Å². The van der Waals surface area contributed by atoms with Gasteiger partial charge in [-0.05, 0) is 43.2 Å². The van der Waals surface area contributed by atoms with Crippen LogP contribution in [0.1, 0.15) is 34.8 Å². The van der Waals surface area contributed by atoms with E-state index in [-0.39, 0.29) is 23.5 Å². The van der Waals surface area contributed by atoms with Crippen LogP contribution in [0.3, 0.4) is 0 Å². The first-order valence-electron chi connectivity index (χ1n) is 10.2. The van der Waals surface area contributed by atoms with E-state index < -0.39 is 11.9 Å². The van der Waals surface area contributed by atoms with Gasteiger partial charge in [-0.2, -0.15) is 0 Å². The van der Waals surface area contributed by atoms with Gasteiger partial charge in [0.15, 0.2) is 0 Å². The van der Waals surface area contributed by atoms with Gasteiger partial charge in [0.2, 0.25) is 5.78 Å². The first kappa shape index (κ1) is 20.5. The molecule has 0 unspecified atom stereocenters. The van der Waals surface area contributed by atoms with Gasteiger partial charge in [-0.1, -0.05) is 18.2 Å². The molecular formula is C22H20F3N5O2. The van der Waals surface area contributed by atoms with E-state index in [2.05, 4.69) is 26.4 Å². The average molecular weight is 443 g/mol. The number of amides is 1. The van der Waals surface area contributed by atoms with Crippen molar-refractivity contribution >= 4 is 18.4 Å². The van der Waals surface area contributed by atoms with Crippen molar-refractivity contribution < 1.29 is 22.7 Å². The lowest BCUT2D eigenvalue weighted by molar-refractivity contribution is -0.275. The molecule has 2 fully saturated rings. The molecule has 10 heteroatoms. The minimum absolute atomic E-state index is 0.0111. The molecule has 7 nitrogen and oxygen atoms in total. The number of para-hydroxylation sites is 1. The van der Waals surface area contributed by atoms with Crippen molar-refractivity contribution in [2.45, 2.75) is 30.7 Å². The number of carbonyl (C=O) groups excluding carboxylic acids is 1. The second-order valence-electron chi connectivity index (χ2n) is 8.32. The summed E-state index contributed by atoms with van der Waals surface area (Å²) in [6.07, 6.45) is 1.34. The number of likely N-dealkylation sites (tertiary alicyclic amines) is 1. The molecular weight excluding hydrogens is 423 g/mol. The maximum absolute atomic E-state index is 13.1. The Labute approximate surface area is 181 Å². The number of imidazole rings is 1. The number of carbonyl (C=O) groups is 1. The first-order valence-corrected chi connectivity index (χ1v) is 10.2. The van der Waals surface area contributed by atoms with Gasteiger partial charge in [0, 0.05) is 37.6 Å². The maximum Gasteiger partial charge on any atom is 0.573 e. The van der Waals surface area contributed by atoms with Crippen molar-refractivity contribution in [3.05, 3.63) is 60.2 Å². The Kier molecular flexibility index (Phi) is 4.68. The lowest BCUT2D eigenvalue weighted by Gasteiger charge is -2.25. The molecule has 32 heavy (non-hydrogen) atoms. The molecule has 3 aromatic rings. The molecule has 0 radical (unpaired) electrons. The molecule has 0 bridgehead atoms. The van der Waals surface area contributed by atoms with Crippen LogP contribution in [0, 0.1) is 5.92 Å². The van der Waals surface area contributed by atoms with Crippen LogP contribution in [0.25, 0.3) is 5.78 Å². The molecule has 1 aliphatic carbocycles. The normalized spacial score (nSPS) is 25.2. The molecule has 1 saturated heterocycles. The fourth-order valence-electron chi connectivity index (χ4n) is 5.10. The van der Waals surface area contributed by atoms with Gasteiger partial charge in [0.1, 0.15) is 11.4 Å². The zero-order valence-electron chi connectivity index (χ0n) is 17.0. The lowest BCUT2D eigenvalue weighted by atomic mass is 9.91. The van der Waals surface area contributed by atoms with Crippen LogP contribution in [0.2, 0.25) is 0 Å². The number of nitrogens with zero attached hydrogens (tertiary/aromatic N) is 5. The highest BCUT2D eigenvalue weighted by molar-refractivity contribution is 5.93. The molecule has 1 amide bonds. The molecule has 1 aromatic carbocycles. The number of benzene rings is 1. The number of aromatic nitrogens is 3. The molecule has 1 aliphatic heterocycles. The van der Waals surface area contributed by atoms with Crippen molar-refractivity contribution in [2.24, 2.45) is 10.9 Å². The zero-order chi connectivity index (χ0) is 22.5. The molecule has 5 rings (SSSR count). The number of hydrogen-bond acceptors (Lipinski definition) is 5. The Morgan fingerprint density at radius 1 is 1.28 bits per heavy atom. The molecule has 3 atom stereocenters. The first-order chi connectivity index (χ1) is 15.3. The average Bonchev–Trinajstić information content (AvgIpc) is 3.43. The van der Waals surface area contributed by atoms with Crippen LogP contribution < -0.4 is 4.74 Å². The van der Waals surface area contributed by atoms with E-state index in [0.29, 0.717) is 43.0 Å². The monoisotopic (exact) mass is 443 g/mol. The fourth-order valence-corrected chi connectivity index (χ4v) is 5.10. The third-order valence-corrected chi connectivity index (χ3v) is 6.48. The summed E-state index contributed by atoms with van der Waals surface area (Å²) in [6, 6.07) is 7.97. The molecule has 2 aliphatic rings. The number of fused-ring (bicyclic) bond motifs is 2. The van der Waals surface area contributed by atoms with E-state index >= 15 is 0 Å². The Morgan fingerprint density at radius 3 is 2.81 bits per heavy atom. The summed E-state index contributed by atoms with van der Waals surface area (Å²) in [5.74, 6) is -0.142. The van der Waals surface area contributed by atoms with Crippen LogP contribution in [0.5, 0.6) is 5.75 Å². The van der Waals surface area contributed by atoms with Crippen molar-refractivity contribution in [1.29, 1.82) is 0 Å². The van der Waals surface area contributed by atoms with E-state index in [4.69, 9.17) is 0 Å². The van der Waals surface area contributed by atoms with Crippen LogP contribution >= 0.6 is 0 Å². The highest BCUT2D eigenvalue weighted by atomic mass is 19.4. The lowest BCUT2D eigenvalue weighted by Crippen LogP contribution is -2.35. The summed E-state index contributed by atoms with van der Waals surface area (Å²) in [5, 5.41) is 0. The molecule has 0 N–H and O–H groups in total. The van der Waals surface area contributed by atoms with Gasteiger partial charge in [-0.3, -0.25) is 14.2 Å². The third-order valence-electron chi connectivity index (χ3n) is 6.48. The van der Waals surface area contributed by atoms with Gasteiger partial charge in [0.25, 0.3) is 5.91 Å². The summed E-state index contributed by atoms with van der Waals surface area (Å²) in [6.45, 7) is 4.55. The van der Waals surface area contributed by atoms with E-state index in [1.165, 1.54) is 12.1 Å². The summed E-state index contributed by atoms with van der Waals surface area (Å²) in [4.78, 5) is 27.6. The topological polar surface area (TPSA) is 72.1 Å². The van der Waals surface area contributed by atoms with E-state index in [1.807, 2.05) is 0 Å². The molecule has 0 spiro atoms. The fraction of sp³-hybridized carbons (Fsp3) is 0.364. The van der Waals surface area contributed by atoms with Crippen LogP contribution in [0.4, 0.5) is 13.2 Å². The predicted molar refractivity (Wildman–Crippen MR) is 110 cm³/mol. The Balaban J connectivity index is 1.36. The Hall–Kier alpha value is -3.43. The highest BCUT2D eigenvalue weighted by Crippen LogP contribution is 2.52. The standard InChI is InChI=1S/C22H20F3N5O2/c1-26-21-10-14(16-5-2-3-6-18(16)32-22(23,24)25)9-15(21)11-30(13-21)19(31)17-12-29-8-4-7-27-20(29)28-17/h2-8,12,14-15H,1,9-11,13H2/t14-,15-,21-/m1/s1. The highest BCUT2D eigenvalue weighted by Gasteiger charge is 2.54. The minimum atomic E-state index is -4.76. The van der Waals surface area contributed by atoms with Gasteiger partial charge >= 0.3 is 6.36 Å². The summed E-state index contributed by atoms with van der Waals surface area (Å²) in [5.41, 5.74) is 0.193. The van der Waals surface area contributed by atoms with Crippen molar-refractivity contribution in [1.82, 2.24) is 19.3 Å². The Morgan fingerprint density at radius 2 is 2.09 bits per heavy atom. The third kappa shape index (κ3) is 3.49. The van der Waals surface area contributed by atoms with Crippen LogP contribution in [-0.2, 0) is 0 Å². The number of aliphatic imine (C=N–C) groups is 1. The van der Waals surface area contributed by atoms with Crippen LogP contribution in [0.15, 0.2) is 53.9 Å². The van der Waals surface area contributed by atoms with Gasteiger partial charge < -0.3 is 9.64 Å². The number of alkyl halides is 3. The molecule has 2 aromatic heterocycles. The number of hydrogen-bond donors (Lipinski definition) is 0. The summed E-state index contributed by atoms with van der Waals surface area (Å²) >= 11 is 0. The van der Waals surface area contributed by atoms with Gasteiger partial charge in [-0.15, -0.1) is 13.2 Å². The molecule has 166 valence electrons. The van der Waals surface area contributed by atoms with Crippen molar-refractivity contribution in [2.75, 3.05) is 13.1 Å². The molecule has 1 saturated carbocycles. The van der Waals surface area contributed by atoms with Gasteiger partial charge in [0.05, 0.1) is 5.54 Å². The Bertz CT molecular complexity index is 1160. The summed E-state index contributed by atoms with van der Waals surface area (Å²) in [7, 11) is 0. The second-order valence-corrected chi connectivity index (χ2v) is 8.32. The zero-order valence-corrected chi connectivity index (χ0v) is 17.0. The number of rotatable bonds is 4. The van der Waals surface area contributed by atoms with Crippen molar-refractivity contribution in [3.8, 4) is 5.75 Å². The van der Waals surface area contributed by atoms with Crippen LogP contribution in [-0.4, -0.2) is 56.9 Å². The SMILES string of the molecule is C=N[C@@]12C[C@H](c3ccccc3OC(F)(F)F)C[C@@H]1CN(C(=O)c1cn3cccnc3n1)C2. The number of halogens is 3. The largest absolute Gasteiger partial charge is 0.573 e. The predicted octanol–water partition coefficient (Wildman–Crippen LogP) is 3.72. The number of ether oxygens (including phenoxy) is 1. The van der Waals surface area contributed by atoms with E-state index in [9.17, 15) is 18.0 Å². The second kappa shape index (κ2) is 7.32. The van der Waals surface area contributed by atoms with E-state index in [1.54, 1.807) is 46.1 Å².